The highest BCUT2D eigenvalue weighted by Crippen LogP contribution is 2.20. The van der Waals surface area contributed by atoms with Gasteiger partial charge in [-0.25, -0.2) is 9.38 Å². The van der Waals surface area contributed by atoms with Gasteiger partial charge in [-0.1, -0.05) is 35.6 Å². The summed E-state index contributed by atoms with van der Waals surface area (Å²) < 4.78 is 2.31. The van der Waals surface area contributed by atoms with Gasteiger partial charge in [0, 0.05) is 5.56 Å². The van der Waals surface area contributed by atoms with Crippen molar-refractivity contribution < 1.29 is 4.79 Å². The minimum atomic E-state index is -0.0554. The number of hydrogen-bond acceptors (Lipinski definition) is 4. The molecule has 5 heteroatoms. The number of benzene rings is 2. The van der Waals surface area contributed by atoms with Gasteiger partial charge in [0.05, 0.1) is 15.6 Å². The normalized spacial score (nSPS) is 12.3. The quantitative estimate of drug-likeness (QED) is 0.530. The Balaban J connectivity index is 1.95. The fourth-order valence-corrected chi connectivity index (χ4v) is 3.73. The zero-order valence-electron chi connectivity index (χ0n) is 13.2. The van der Waals surface area contributed by atoms with Crippen molar-refractivity contribution in [3.63, 3.8) is 0 Å². The summed E-state index contributed by atoms with van der Waals surface area (Å²) in [4.78, 5) is 28.8. The third-order valence-corrected chi connectivity index (χ3v) is 5.19. The number of nitrogens with zero attached hydrogens (tertiary/aromatic N) is 2. The van der Waals surface area contributed by atoms with E-state index in [1.54, 1.807) is 16.5 Å². The van der Waals surface area contributed by atoms with E-state index >= 15 is 0 Å². The Labute approximate surface area is 141 Å². The van der Waals surface area contributed by atoms with Crippen LogP contribution < -0.4 is 10.1 Å². The van der Waals surface area contributed by atoms with Crippen molar-refractivity contribution in [3.05, 3.63) is 73.5 Å². The van der Waals surface area contributed by atoms with Gasteiger partial charge in [0.15, 0.2) is 4.96 Å². The molecule has 0 amide bonds. The Kier molecular flexibility index (Phi) is 3.32. The van der Waals surface area contributed by atoms with E-state index in [1.807, 2.05) is 44.2 Å². The first-order valence-corrected chi connectivity index (χ1v) is 8.37. The highest BCUT2D eigenvalue weighted by atomic mass is 32.1. The summed E-state index contributed by atoms with van der Waals surface area (Å²) in [5.74, 6) is 0. The van der Waals surface area contributed by atoms with Crippen LogP contribution in [-0.2, 0) is 0 Å². The molecule has 24 heavy (non-hydrogen) atoms. The number of rotatable bonds is 2. The third kappa shape index (κ3) is 2.25. The van der Waals surface area contributed by atoms with E-state index in [4.69, 9.17) is 0 Å². The molecule has 0 aliphatic heterocycles. The van der Waals surface area contributed by atoms with Crippen molar-refractivity contribution in [2.75, 3.05) is 0 Å². The van der Waals surface area contributed by atoms with Crippen LogP contribution in [0.25, 0.3) is 22.1 Å². The van der Waals surface area contributed by atoms with Crippen molar-refractivity contribution in [3.8, 4) is 0 Å². The summed E-state index contributed by atoms with van der Waals surface area (Å²) in [6, 6.07) is 11.2. The zero-order valence-corrected chi connectivity index (χ0v) is 14.1. The largest absolute Gasteiger partial charge is 0.298 e. The molecule has 0 aliphatic rings. The summed E-state index contributed by atoms with van der Waals surface area (Å²) >= 11 is 1.38. The van der Waals surface area contributed by atoms with E-state index in [0.29, 0.717) is 15.1 Å². The molecule has 0 bridgehead atoms. The fraction of sp³-hybridized carbons (Fsp3) is 0.105. The Morgan fingerprint density at radius 2 is 1.71 bits per heavy atom. The lowest BCUT2D eigenvalue weighted by Gasteiger charge is -1.98. The molecule has 0 radical (unpaired) electrons. The summed E-state index contributed by atoms with van der Waals surface area (Å²) in [6.45, 7) is 4.08. The highest BCUT2D eigenvalue weighted by Gasteiger charge is 2.12. The average Bonchev–Trinajstić information content (AvgIpc) is 3.06. The fourth-order valence-electron chi connectivity index (χ4n) is 2.74. The van der Waals surface area contributed by atoms with Gasteiger partial charge in [0.25, 0.3) is 5.56 Å². The van der Waals surface area contributed by atoms with Crippen LogP contribution in [0.3, 0.4) is 0 Å². The van der Waals surface area contributed by atoms with E-state index in [-0.39, 0.29) is 5.56 Å². The number of hydrogen-bond donors (Lipinski definition) is 0. The van der Waals surface area contributed by atoms with Crippen LogP contribution in [-0.4, -0.2) is 15.7 Å². The number of aromatic nitrogens is 2. The van der Waals surface area contributed by atoms with Crippen LogP contribution in [0.1, 0.15) is 27.0 Å². The van der Waals surface area contributed by atoms with Gasteiger partial charge >= 0.3 is 0 Å². The molecule has 2 heterocycles. The monoisotopic (exact) mass is 334 g/mol. The first-order valence-electron chi connectivity index (χ1n) is 7.56. The standard InChI is InChI=1S/C19H14N2O2S/c1-11-7-15-16(8-12(11)2)21-18(23)17(24-19(21)20-15)9-13-3-5-14(10-22)6-4-13/h3-10H,1-2H3/b17-9-. The number of carbonyl (C=O) groups is 1. The van der Waals surface area contributed by atoms with E-state index < -0.39 is 0 Å². The van der Waals surface area contributed by atoms with Crippen molar-refractivity contribution >= 4 is 39.7 Å². The Bertz CT molecular complexity index is 1200. The van der Waals surface area contributed by atoms with Gasteiger partial charge in [-0.15, -0.1) is 0 Å². The smallest absolute Gasteiger partial charge is 0.274 e. The lowest BCUT2D eigenvalue weighted by molar-refractivity contribution is 0.112. The van der Waals surface area contributed by atoms with Crippen LogP contribution in [0, 0.1) is 13.8 Å². The lowest BCUT2D eigenvalue weighted by Crippen LogP contribution is -2.22. The van der Waals surface area contributed by atoms with Crippen LogP contribution in [0.2, 0.25) is 0 Å². The Hall–Kier alpha value is -2.79. The van der Waals surface area contributed by atoms with Gasteiger partial charge in [-0.2, -0.15) is 0 Å². The third-order valence-electron chi connectivity index (χ3n) is 4.22. The molecule has 0 saturated carbocycles. The van der Waals surface area contributed by atoms with Gasteiger partial charge < -0.3 is 0 Å². The molecule has 4 nitrogen and oxygen atoms in total. The molecule has 0 atom stereocenters. The second kappa shape index (κ2) is 5.39. The average molecular weight is 334 g/mol. The molecule has 0 aliphatic carbocycles. The molecule has 4 aromatic rings. The van der Waals surface area contributed by atoms with Crippen molar-refractivity contribution in [1.82, 2.24) is 9.38 Å². The van der Waals surface area contributed by atoms with Gasteiger partial charge in [0.1, 0.15) is 6.29 Å². The number of aldehydes is 1. The summed E-state index contributed by atoms with van der Waals surface area (Å²) in [7, 11) is 0. The first kappa shape index (κ1) is 14.8. The zero-order chi connectivity index (χ0) is 16.8. The number of thiazole rings is 1. The molecule has 0 saturated heterocycles. The molecular weight excluding hydrogens is 320 g/mol. The maximum Gasteiger partial charge on any atom is 0.274 e. The molecular formula is C19H14N2O2S. The SMILES string of the molecule is Cc1cc2nc3s/c(=C\c4ccc(C=O)cc4)c(=O)n3c2cc1C. The molecule has 4 rings (SSSR count). The summed E-state index contributed by atoms with van der Waals surface area (Å²) in [6.07, 6.45) is 2.64. The molecule has 0 N–H and O–H groups in total. The van der Waals surface area contributed by atoms with Gasteiger partial charge in [0.2, 0.25) is 0 Å². The lowest BCUT2D eigenvalue weighted by atomic mass is 10.1. The van der Waals surface area contributed by atoms with Crippen LogP contribution in [0.15, 0.2) is 41.2 Å². The summed E-state index contributed by atoms with van der Waals surface area (Å²) in [5, 5.41) is 0. The van der Waals surface area contributed by atoms with Crippen LogP contribution in [0.5, 0.6) is 0 Å². The summed E-state index contributed by atoms with van der Waals surface area (Å²) in [5.41, 5.74) is 5.47. The predicted octanol–water partition coefficient (Wildman–Crippen LogP) is 2.89. The maximum absolute atomic E-state index is 12.8. The van der Waals surface area contributed by atoms with E-state index in [0.717, 1.165) is 28.4 Å². The van der Waals surface area contributed by atoms with E-state index in [2.05, 4.69) is 4.98 Å². The minimum absolute atomic E-state index is 0.0554. The van der Waals surface area contributed by atoms with Crippen molar-refractivity contribution in [1.29, 1.82) is 0 Å². The number of aryl methyl sites for hydroxylation is 2. The molecule has 2 aromatic heterocycles. The number of fused-ring (bicyclic) bond motifs is 3. The van der Waals surface area contributed by atoms with E-state index in [1.165, 1.54) is 16.9 Å². The highest BCUT2D eigenvalue weighted by molar-refractivity contribution is 7.15. The second-order valence-corrected chi connectivity index (χ2v) is 6.86. The van der Waals surface area contributed by atoms with Crippen LogP contribution in [0.4, 0.5) is 0 Å². The maximum atomic E-state index is 12.8. The topological polar surface area (TPSA) is 51.4 Å². The van der Waals surface area contributed by atoms with Crippen molar-refractivity contribution in [2.24, 2.45) is 0 Å². The van der Waals surface area contributed by atoms with Crippen molar-refractivity contribution in [2.45, 2.75) is 13.8 Å². The van der Waals surface area contributed by atoms with Gasteiger partial charge in [-0.05, 0) is 48.7 Å². The molecule has 0 spiro atoms. The first-order chi connectivity index (χ1) is 11.6. The molecule has 0 fully saturated rings. The second-order valence-electron chi connectivity index (χ2n) is 5.86. The molecule has 118 valence electrons. The Morgan fingerprint density at radius 3 is 2.42 bits per heavy atom. The Morgan fingerprint density at radius 1 is 1.04 bits per heavy atom. The predicted molar refractivity (Wildman–Crippen MR) is 96.9 cm³/mol. The molecule has 2 aromatic carbocycles. The van der Waals surface area contributed by atoms with E-state index in [9.17, 15) is 9.59 Å². The van der Waals surface area contributed by atoms with Crippen LogP contribution >= 0.6 is 11.3 Å². The van der Waals surface area contributed by atoms with Gasteiger partial charge in [-0.3, -0.25) is 9.59 Å². The molecule has 0 unspecified atom stereocenters. The minimum Gasteiger partial charge on any atom is -0.298 e. The number of imidazole rings is 1. The number of carbonyl (C=O) groups excluding carboxylic acids is 1.